The molecule has 2 heteroatoms. The fourth-order valence-corrected chi connectivity index (χ4v) is 3.72. The van der Waals surface area contributed by atoms with Crippen LogP contribution in [0.15, 0.2) is 12.3 Å². The van der Waals surface area contributed by atoms with Gasteiger partial charge >= 0.3 is 0 Å². The quantitative estimate of drug-likeness (QED) is 0.165. The Morgan fingerprint density at radius 3 is 1.89 bits per heavy atom. The Morgan fingerprint density at radius 1 is 0.815 bits per heavy atom. The molecule has 2 nitrogen and oxygen atoms in total. The number of hydrogen-bond donors (Lipinski definition) is 0. The van der Waals surface area contributed by atoms with E-state index in [4.69, 9.17) is 9.47 Å². The molecule has 0 saturated carbocycles. The van der Waals surface area contributed by atoms with E-state index in [1.165, 1.54) is 83.5 Å². The molecule has 0 spiro atoms. The second kappa shape index (κ2) is 17.6. The summed E-state index contributed by atoms with van der Waals surface area (Å²) in [5.41, 5.74) is 0.0147. The third-order valence-electron chi connectivity index (χ3n) is 6.25. The summed E-state index contributed by atoms with van der Waals surface area (Å²) in [5, 5.41) is 0. The van der Waals surface area contributed by atoms with Crippen molar-refractivity contribution in [2.45, 2.75) is 124 Å². The van der Waals surface area contributed by atoms with Crippen molar-refractivity contribution in [3.8, 4) is 0 Å². The van der Waals surface area contributed by atoms with Gasteiger partial charge in [0.2, 0.25) is 0 Å². The predicted molar refractivity (Wildman–Crippen MR) is 120 cm³/mol. The van der Waals surface area contributed by atoms with Crippen LogP contribution in [-0.2, 0) is 9.47 Å². The van der Waals surface area contributed by atoms with Crippen LogP contribution in [0.2, 0.25) is 0 Å². The zero-order valence-electron chi connectivity index (χ0n) is 19.5. The van der Waals surface area contributed by atoms with Gasteiger partial charge in [-0.05, 0) is 51.9 Å². The molecule has 2 unspecified atom stereocenters. The second-order valence-corrected chi connectivity index (χ2v) is 8.91. The molecule has 0 saturated heterocycles. The number of ether oxygens (including phenoxy) is 2. The highest BCUT2D eigenvalue weighted by Crippen LogP contribution is 2.31. The molecule has 0 aliphatic carbocycles. The molecule has 0 amide bonds. The van der Waals surface area contributed by atoms with Crippen LogP contribution < -0.4 is 0 Å². The Balaban J connectivity index is 3.87. The van der Waals surface area contributed by atoms with Crippen molar-refractivity contribution in [2.24, 2.45) is 11.8 Å². The number of allylic oxidation sites excluding steroid dienone is 1. The standard InChI is InChI=1S/C25H50O2/c1-7-21-27-22-17-12-10-9-11-15-19-24(25(4,5)26-6)20-16-13-14-18-23(3)8-2/h7,21,23-24H,8-20,22H2,1-6H3. The molecule has 0 aliphatic rings. The summed E-state index contributed by atoms with van der Waals surface area (Å²) in [5.74, 6) is 1.59. The second-order valence-electron chi connectivity index (χ2n) is 8.91. The lowest BCUT2D eigenvalue weighted by Crippen LogP contribution is -2.33. The molecule has 27 heavy (non-hydrogen) atoms. The van der Waals surface area contributed by atoms with Gasteiger partial charge in [-0.1, -0.05) is 84.1 Å². The molecule has 0 bridgehead atoms. The van der Waals surface area contributed by atoms with Crippen LogP contribution in [0.1, 0.15) is 118 Å². The minimum Gasteiger partial charge on any atom is -0.502 e. The van der Waals surface area contributed by atoms with Crippen LogP contribution in [0.3, 0.4) is 0 Å². The third kappa shape index (κ3) is 15.1. The van der Waals surface area contributed by atoms with Gasteiger partial charge in [0.05, 0.1) is 18.5 Å². The highest BCUT2D eigenvalue weighted by Gasteiger charge is 2.28. The van der Waals surface area contributed by atoms with Crippen molar-refractivity contribution in [3.05, 3.63) is 12.3 Å². The van der Waals surface area contributed by atoms with E-state index in [0.29, 0.717) is 5.92 Å². The molecule has 0 aromatic rings. The Labute approximate surface area is 171 Å². The number of hydrogen-bond acceptors (Lipinski definition) is 2. The Kier molecular flexibility index (Phi) is 17.3. The molecule has 0 N–H and O–H groups in total. The monoisotopic (exact) mass is 382 g/mol. The minimum absolute atomic E-state index is 0.0147. The molecule has 0 fully saturated rings. The van der Waals surface area contributed by atoms with Gasteiger partial charge in [0.1, 0.15) is 0 Å². The van der Waals surface area contributed by atoms with Gasteiger partial charge < -0.3 is 9.47 Å². The van der Waals surface area contributed by atoms with Crippen molar-refractivity contribution in [2.75, 3.05) is 13.7 Å². The number of rotatable bonds is 19. The van der Waals surface area contributed by atoms with E-state index < -0.39 is 0 Å². The van der Waals surface area contributed by atoms with Gasteiger partial charge in [-0.15, -0.1) is 0 Å². The van der Waals surface area contributed by atoms with Crippen LogP contribution in [0.4, 0.5) is 0 Å². The molecule has 0 rings (SSSR count). The lowest BCUT2D eigenvalue weighted by Gasteiger charge is -2.33. The first kappa shape index (κ1) is 26.5. The molecule has 0 heterocycles. The lowest BCUT2D eigenvalue weighted by molar-refractivity contribution is -0.0352. The summed E-state index contributed by atoms with van der Waals surface area (Å²) < 4.78 is 11.2. The number of unbranched alkanes of at least 4 members (excludes halogenated alkanes) is 7. The lowest BCUT2D eigenvalue weighted by atomic mass is 9.82. The van der Waals surface area contributed by atoms with Crippen molar-refractivity contribution in [1.82, 2.24) is 0 Å². The normalized spacial score (nSPS) is 14.6. The van der Waals surface area contributed by atoms with Gasteiger partial charge in [0.25, 0.3) is 0 Å². The Morgan fingerprint density at radius 2 is 1.33 bits per heavy atom. The summed E-state index contributed by atoms with van der Waals surface area (Å²) in [4.78, 5) is 0. The van der Waals surface area contributed by atoms with E-state index in [2.05, 4.69) is 27.7 Å². The maximum atomic E-state index is 5.84. The summed E-state index contributed by atoms with van der Waals surface area (Å²) in [6.45, 7) is 12.1. The van der Waals surface area contributed by atoms with Crippen molar-refractivity contribution < 1.29 is 9.47 Å². The van der Waals surface area contributed by atoms with Gasteiger partial charge in [0.15, 0.2) is 0 Å². The molecule has 0 aliphatic heterocycles. The van der Waals surface area contributed by atoms with Crippen molar-refractivity contribution >= 4 is 0 Å². The van der Waals surface area contributed by atoms with Crippen LogP contribution in [0.25, 0.3) is 0 Å². The van der Waals surface area contributed by atoms with Crippen LogP contribution in [-0.4, -0.2) is 19.3 Å². The minimum atomic E-state index is 0.0147. The molecular weight excluding hydrogens is 332 g/mol. The average molecular weight is 383 g/mol. The van der Waals surface area contributed by atoms with Gasteiger partial charge in [-0.2, -0.15) is 0 Å². The van der Waals surface area contributed by atoms with E-state index in [-0.39, 0.29) is 5.60 Å². The smallest absolute Gasteiger partial charge is 0.0873 e. The first-order valence-corrected chi connectivity index (χ1v) is 11.8. The molecule has 0 aromatic carbocycles. The van der Waals surface area contributed by atoms with E-state index in [1.807, 2.05) is 20.1 Å². The van der Waals surface area contributed by atoms with Gasteiger partial charge in [0, 0.05) is 7.11 Å². The molecular formula is C25H50O2. The maximum Gasteiger partial charge on any atom is 0.0873 e. The summed E-state index contributed by atoms with van der Waals surface area (Å²) in [6.07, 6.45) is 21.1. The first-order chi connectivity index (χ1) is 13.0. The van der Waals surface area contributed by atoms with Crippen LogP contribution >= 0.6 is 0 Å². The fraction of sp³-hybridized carbons (Fsp3) is 0.920. The van der Waals surface area contributed by atoms with Crippen LogP contribution in [0, 0.1) is 11.8 Å². The topological polar surface area (TPSA) is 18.5 Å². The molecule has 162 valence electrons. The summed E-state index contributed by atoms with van der Waals surface area (Å²) in [6, 6.07) is 0. The zero-order valence-corrected chi connectivity index (χ0v) is 19.5. The van der Waals surface area contributed by atoms with E-state index >= 15 is 0 Å². The zero-order chi connectivity index (χ0) is 20.4. The van der Waals surface area contributed by atoms with E-state index in [1.54, 1.807) is 6.26 Å². The van der Waals surface area contributed by atoms with Crippen molar-refractivity contribution in [3.63, 3.8) is 0 Å². The van der Waals surface area contributed by atoms with Gasteiger partial charge in [-0.3, -0.25) is 0 Å². The fourth-order valence-electron chi connectivity index (χ4n) is 3.72. The van der Waals surface area contributed by atoms with E-state index in [9.17, 15) is 0 Å². The Hall–Kier alpha value is -0.500. The molecule has 0 radical (unpaired) electrons. The maximum absolute atomic E-state index is 5.84. The summed E-state index contributed by atoms with van der Waals surface area (Å²) >= 11 is 0. The van der Waals surface area contributed by atoms with Gasteiger partial charge in [-0.25, -0.2) is 0 Å². The molecule has 0 aromatic heterocycles. The number of methoxy groups -OCH3 is 1. The van der Waals surface area contributed by atoms with Crippen molar-refractivity contribution in [1.29, 1.82) is 0 Å². The average Bonchev–Trinajstić information content (AvgIpc) is 2.67. The predicted octanol–water partition coefficient (Wildman–Crippen LogP) is 8.31. The highest BCUT2D eigenvalue weighted by molar-refractivity contribution is 4.79. The highest BCUT2D eigenvalue weighted by atomic mass is 16.5. The van der Waals surface area contributed by atoms with Crippen LogP contribution in [0.5, 0.6) is 0 Å². The Bertz CT molecular complexity index is 335. The van der Waals surface area contributed by atoms with E-state index in [0.717, 1.165) is 12.5 Å². The SMILES string of the molecule is CC=COCCCCCCCCC(CCCCCC(C)CC)C(C)(C)OC. The first-order valence-electron chi connectivity index (χ1n) is 11.8. The largest absolute Gasteiger partial charge is 0.502 e. The third-order valence-corrected chi connectivity index (χ3v) is 6.25. The molecule has 2 atom stereocenters. The summed E-state index contributed by atoms with van der Waals surface area (Å²) in [7, 11) is 1.88.